The van der Waals surface area contributed by atoms with Gasteiger partial charge in [-0.25, -0.2) is 4.98 Å². The molecular weight excluding hydrogens is 300 g/mol. The minimum Gasteiger partial charge on any atom is -0.354 e. The van der Waals surface area contributed by atoms with Gasteiger partial charge in [0, 0.05) is 17.1 Å². The van der Waals surface area contributed by atoms with Crippen molar-refractivity contribution >= 4 is 50.8 Å². The second-order valence-corrected chi connectivity index (χ2v) is 6.20. The Labute approximate surface area is 132 Å². The summed E-state index contributed by atoms with van der Waals surface area (Å²) in [6, 6.07) is 10.4. The summed E-state index contributed by atoms with van der Waals surface area (Å²) in [4.78, 5) is 11.3. The Morgan fingerprint density at radius 1 is 1.24 bits per heavy atom. The lowest BCUT2D eigenvalue weighted by Crippen LogP contribution is -2.04. The van der Waals surface area contributed by atoms with Crippen molar-refractivity contribution in [1.82, 2.24) is 9.97 Å². The van der Waals surface area contributed by atoms with Crippen LogP contribution in [0.25, 0.3) is 10.2 Å². The maximum atomic E-state index is 4.58. The average molecular weight is 316 g/mol. The Morgan fingerprint density at radius 2 is 2.14 bits per heavy atom. The van der Waals surface area contributed by atoms with Crippen LogP contribution in [-0.4, -0.2) is 22.8 Å². The van der Waals surface area contributed by atoms with Gasteiger partial charge in [-0.3, -0.25) is 0 Å². The SMILES string of the molecule is CCNc1nc(Nc2cccc(SC)c2)c2ccsc2n1. The molecule has 0 aliphatic heterocycles. The molecule has 0 saturated carbocycles. The van der Waals surface area contributed by atoms with E-state index in [0.29, 0.717) is 5.95 Å². The zero-order chi connectivity index (χ0) is 14.7. The maximum absolute atomic E-state index is 4.58. The van der Waals surface area contributed by atoms with E-state index < -0.39 is 0 Å². The summed E-state index contributed by atoms with van der Waals surface area (Å²) >= 11 is 3.35. The number of nitrogens with zero attached hydrogens (tertiary/aromatic N) is 2. The van der Waals surface area contributed by atoms with Crippen LogP contribution in [0.2, 0.25) is 0 Å². The molecule has 108 valence electrons. The lowest BCUT2D eigenvalue weighted by atomic mass is 10.3. The van der Waals surface area contributed by atoms with Crippen molar-refractivity contribution in [2.45, 2.75) is 11.8 Å². The van der Waals surface area contributed by atoms with Crippen LogP contribution in [0.5, 0.6) is 0 Å². The Bertz CT molecular complexity index is 754. The second kappa shape index (κ2) is 6.32. The number of nitrogens with one attached hydrogen (secondary N) is 2. The topological polar surface area (TPSA) is 49.8 Å². The summed E-state index contributed by atoms with van der Waals surface area (Å²) in [6.45, 7) is 2.84. The standard InChI is InChI=1S/C15H16N4S2/c1-3-16-15-18-13(12-7-8-21-14(12)19-15)17-10-5-4-6-11(9-10)20-2/h4-9H,3H2,1-2H3,(H2,16,17,18,19). The van der Waals surface area contributed by atoms with E-state index in [4.69, 9.17) is 0 Å². The lowest BCUT2D eigenvalue weighted by molar-refractivity contribution is 1.11. The molecule has 0 bridgehead atoms. The molecule has 3 aromatic rings. The molecule has 0 spiro atoms. The van der Waals surface area contributed by atoms with E-state index in [9.17, 15) is 0 Å². The van der Waals surface area contributed by atoms with Crippen molar-refractivity contribution < 1.29 is 0 Å². The molecule has 0 unspecified atom stereocenters. The summed E-state index contributed by atoms with van der Waals surface area (Å²) in [5, 5.41) is 9.68. The van der Waals surface area contributed by atoms with Crippen molar-refractivity contribution in [1.29, 1.82) is 0 Å². The summed E-state index contributed by atoms with van der Waals surface area (Å²) in [5.41, 5.74) is 1.04. The van der Waals surface area contributed by atoms with Crippen molar-refractivity contribution in [3.05, 3.63) is 35.7 Å². The molecule has 2 aromatic heterocycles. The molecular formula is C15H16N4S2. The van der Waals surface area contributed by atoms with Crippen LogP contribution in [0.1, 0.15) is 6.92 Å². The average Bonchev–Trinajstić information content (AvgIpc) is 2.96. The van der Waals surface area contributed by atoms with Gasteiger partial charge in [0.2, 0.25) is 5.95 Å². The van der Waals surface area contributed by atoms with Gasteiger partial charge in [0.25, 0.3) is 0 Å². The fraction of sp³-hybridized carbons (Fsp3) is 0.200. The highest BCUT2D eigenvalue weighted by Gasteiger charge is 2.09. The van der Waals surface area contributed by atoms with Gasteiger partial charge in [-0.2, -0.15) is 4.98 Å². The molecule has 0 aliphatic carbocycles. The number of thioether (sulfide) groups is 1. The quantitative estimate of drug-likeness (QED) is 0.674. The van der Waals surface area contributed by atoms with E-state index in [2.05, 4.69) is 45.1 Å². The predicted octanol–water partition coefficient (Wildman–Crippen LogP) is 4.59. The van der Waals surface area contributed by atoms with Gasteiger partial charge in [-0.05, 0) is 42.8 Å². The molecule has 6 heteroatoms. The van der Waals surface area contributed by atoms with Gasteiger partial charge in [-0.1, -0.05) is 6.07 Å². The van der Waals surface area contributed by atoms with Gasteiger partial charge in [0.1, 0.15) is 10.6 Å². The summed E-state index contributed by atoms with van der Waals surface area (Å²) in [7, 11) is 0. The highest BCUT2D eigenvalue weighted by molar-refractivity contribution is 7.98. The molecule has 0 aliphatic rings. The molecule has 1 aromatic carbocycles. The number of anilines is 3. The maximum Gasteiger partial charge on any atom is 0.226 e. The van der Waals surface area contributed by atoms with Crippen LogP contribution in [-0.2, 0) is 0 Å². The number of hydrogen-bond donors (Lipinski definition) is 2. The number of benzene rings is 1. The van der Waals surface area contributed by atoms with Gasteiger partial charge in [-0.15, -0.1) is 23.1 Å². The first-order chi connectivity index (χ1) is 10.3. The smallest absolute Gasteiger partial charge is 0.226 e. The van der Waals surface area contributed by atoms with Gasteiger partial charge in [0.15, 0.2) is 0 Å². The zero-order valence-corrected chi connectivity index (χ0v) is 13.5. The fourth-order valence-corrected chi connectivity index (χ4v) is 3.25. The van der Waals surface area contributed by atoms with Crippen LogP contribution in [0.4, 0.5) is 17.5 Å². The molecule has 0 amide bonds. The Balaban J connectivity index is 1.99. The molecule has 0 fully saturated rings. The molecule has 0 atom stereocenters. The van der Waals surface area contributed by atoms with Crippen LogP contribution in [0.3, 0.4) is 0 Å². The van der Waals surface area contributed by atoms with Crippen molar-refractivity contribution in [3.8, 4) is 0 Å². The van der Waals surface area contributed by atoms with E-state index in [1.807, 2.05) is 24.4 Å². The Hall–Kier alpha value is -1.79. The van der Waals surface area contributed by atoms with E-state index in [0.717, 1.165) is 28.3 Å². The molecule has 0 saturated heterocycles. The molecule has 0 radical (unpaired) electrons. The number of hydrogen-bond acceptors (Lipinski definition) is 6. The van der Waals surface area contributed by atoms with Crippen LogP contribution in [0.15, 0.2) is 40.6 Å². The molecule has 21 heavy (non-hydrogen) atoms. The highest BCUT2D eigenvalue weighted by atomic mass is 32.2. The van der Waals surface area contributed by atoms with Crippen molar-refractivity contribution in [2.24, 2.45) is 0 Å². The third-order valence-corrected chi connectivity index (χ3v) is 4.52. The van der Waals surface area contributed by atoms with E-state index in [-0.39, 0.29) is 0 Å². The zero-order valence-electron chi connectivity index (χ0n) is 11.9. The number of thiophene rings is 1. The van der Waals surface area contributed by atoms with Crippen LogP contribution < -0.4 is 10.6 Å². The van der Waals surface area contributed by atoms with E-state index in [1.165, 1.54) is 4.90 Å². The van der Waals surface area contributed by atoms with E-state index >= 15 is 0 Å². The minimum atomic E-state index is 0.663. The normalized spacial score (nSPS) is 10.8. The van der Waals surface area contributed by atoms with Crippen LogP contribution in [0, 0.1) is 0 Å². The molecule has 2 heterocycles. The Kier molecular flexibility index (Phi) is 4.26. The van der Waals surface area contributed by atoms with Crippen molar-refractivity contribution in [3.63, 3.8) is 0 Å². The largest absolute Gasteiger partial charge is 0.354 e. The first-order valence-electron chi connectivity index (χ1n) is 6.70. The summed E-state index contributed by atoms with van der Waals surface area (Å²) in [5.74, 6) is 1.51. The van der Waals surface area contributed by atoms with Crippen LogP contribution >= 0.6 is 23.1 Å². The highest BCUT2D eigenvalue weighted by Crippen LogP contribution is 2.29. The molecule has 2 N–H and O–H groups in total. The predicted molar refractivity (Wildman–Crippen MR) is 93.1 cm³/mol. The molecule has 3 rings (SSSR count). The van der Waals surface area contributed by atoms with E-state index in [1.54, 1.807) is 23.1 Å². The first kappa shape index (κ1) is 14.2. The second-order valence-electron chi connectivity index (χ2n) is 4.42. The third-order valence-electron chi connectivity index (χ3n) is 2.99. The number of fused-ring (bicyclic) bond motifs is 1. The monoisotopic (exact) mass is 316 g/mol. The first-order valence-corrected chi connectivity index (χ1v) is 8.81. The molecule has 4 nitrogen and oxygen atoms in total. The van der Waals surface area contributed by atoms with Gasteiger partial charge >= 0.3 is 0 Å². The number of rotatable bonds is 5. The van der Waals surface area contributed by atoms with Gasteiger partial charge < -0.3 is 10.6 Å². The number of aromatic nitrogens is 2. The van der Waals surface area contributed by atoms with Crippen molar-refractivity contribution in [2.75, 3.05) is 23.4 Å². The fourth-order valence-electron chi connectivity index (χ4n) is 2.03. The lowest BCUT2D eigenvalue weighted by Gasteiger charge is -2.10. The minimum absolute atomic E-state index is 0.663. The summed E-state index contributed by atoms with van der Waals surface area (Å²) in [6.07, 6.45) is 2.07. The van der Waals surface area contributed by atoms with Gasteiger partial charge in [0.05, 0.1) is 5.39 Å². The summed E-state index contributed by atoms with van der Waals surface area (Å²) < 4.78 is 0. The third kappa shape index (κ3) is 3.11. The Morgan fingerprint density at radius 3 is 2.95 bits per heavy atom.